The van der Waals surface area contributed by atoms with E-state index < -0.39 is 0 Å². The summed E-state index contributed by atoms with van der Waals surface area (Å²) < 4.78 is 22.8. The molecule has 0 saturated heterocycles. The van der Waals surface area contributed by atoms with Crippen molar-refractivity contribution in [1.82, 2.24) is 4.98 Å². The number of methoxy groups -OCH3 is 1. The highest BCUT2D eigenvalue weighted by Gasteiger charge is 2.23. The molecule has 0 spiro atoms. The lowest BCUT2D eigenvalue weighted by atomic mass is 10.1. The van der Waals surface area contributed by atoms with Crippen LogP contribution in [-0.4, -0.2) is 31.1 Å². The van der Waals surface area contributed by atoms with Crippen molar-refractivity contribution < 1.29 is 23.4 Å². The van der Waals surface area contributed by atoms with Crippen LogP contribution in [0.2, 0.25) is 0 Å². The second kappa shape index (κ2) is 10.4. The molecule has 0 radical (unpaired) electrons. The number of oxazole rings is 1. The Morgan fingerprint density at radius 1 is 1.06 bits per heavy atom. The number of para-hydroxylation sites is 1. The number of carbonyl (C=O) groups is 1. The Bertz CT molecular complexity index is 1050. The normalized spacial score (nSPS) is 13.1. The summed E-state index contributed by atoms with van der Waals surface area (Å²) in [4.78, 5) is 17.2. The van der Waals surface area contributed by atoms with Crippen LogP contribution in [0.1, 0.15) is 37.4 Å². The molecule has 6 heteroatoms. The largest absolute Gasteiger partial charge is 0.493 e. The SMILES string of the molecule is CCCOc1ccccc1CC(=O)Cc1coc(-c2ccc(OC)c(OCC3CC3)c2)n1. The average molecular weight is 436 g/mol. The first-order chi connectivity index (χ1) is 15.7. The molecule has 1 heterocycles. The first kappa shape index (κ1) is 21.9. The summed E-state index contributed by atoms with van der Waals surface area (Å²) in [6, 6.07) is 13.3. The van der Waals surface area contributed by atoms with Crippen LogP contribution in [0, 0.1) is 5.92 Å². The van der Waals surface area contributed by atoms with E-state index in [0.717, 1.165) is 23.3 Å². The van der Waals surface area contributed by atoms with Gasteiger partial charge in [0.15, 0.2) is 11.5 Å². The lowest BCUT2D eigenvalue weighted by Crippen LogP contribution is -2.08. The number of benzene rings is 2. The minimum Gasteiger partial charge on any atom is -0.493 e. The van der Waals surface area contributed by atoms with Crippen LogP contribution in [0.25, 0.3) is 11.5 Å². The number of nitrogens with zero attached hydrogens (tertiary/aromatic N) is 1. The minimum atomic E-state index is 0.0561. The minimum absolute atomic E-state index is 0.0561. The molecule has 1 aliphatic rings. The van der Waals surface area contributed by atoms with Gasteiger partial charge >= 0.3 is 0 Å². The van der Waals surface area contributed by atoms with E-state index in [-0.39, 0.29) is 12.2 Å². The molecule has 168 valence electrons. The average Bonchev–Trinajstić information content (AvgIpc) is 3.53. The maximum absolute atomic E-state index is 12.7. The van der Waals surface area contributed by atoms with Gasteiger partial charge in [0, 0.05) is 17.5 Å². The van der Waals surface area contributed by atoms with E-state index in [2.05, 4.69) is 11.9 Å². The molecule has 0 bridgehead atoms. The molecule has 6 nitrogen and oxygen atoms in total. The highest BCUT2D eigenvalue weighted by molar-refractivity contribution is 5.83. The number of aromatic nitrogens is 1. The first-order valence-electron chi connectivity index (χ1n) is 11.1. The smallest absolute Gasteiger partial charge is 0.226 e. The second-order valence-corrected chi connectivity index (χ2v) is 8.11. The fraction of sp³-hybridized carbons (Fsp3) is 0.385. The topological polar surface area (TPSA) is 70.8 Å². The molecular weight excluding hydrogens is 406 g/mol. The molecule has 0 atom stereocenters. The lowest BCUT2D eigenvalue weighted by Gasteiger charge is -2.11. The van der Waals surface area contributed by atoms with E-state index in [9.17, 15) is 4.79 Å². The van der Waals surface area contributed by atoms with E-state index >= 15 is 0 Å². The fourth-order valence-electron chi connectivity index (χ4n) is 3.42. The predicted molar refractivity (Wildman–Crippen MR) is 121 cm³/mol. The Hall–Kier alpha value is -3.28. The van der Waals surface area contributed by atoms with E-state index in [0.29, 0.717) is 48.6 Å². The summed E-state index contributed by atoms with van der Waals surface area (Å²) in [5, 5.41) is 0. The maximum Gasteiger partial charge on any atom is 0.226 e. The second-order valence-electron chi connectivity index (χ2n) is 8.11. The Morgan fingerprint density at radius 2 is 1.91 bits per heavy atom. The van der Waals surface area contributed by atoms with Crippen molar-refractivity contribution in [2.45, 2.75) is 39.0 Å². The Balaban J connectivity index is 1.41. The van der Waals surface area contributed by atoms with Gasteiger partial charge < -0.3 is 18.6 Å². The number of rotatable bonds is 12. The third-order valence-corrected chi connectivity index (χ3v) is 5.33. The monoisotopic (exact) mass is 435 g/mol. The van der Waals surface area contributed by atoms with Gasteiger partial charge in [-0.3, -0.25) is 4.79 Å². The molecule has 0 N–H and O–H groups in total. The van der Waals surface area contributed by atoms with Crippen molar-refractivity contribution >= 4 is 5.78 Å². The van der Waals surface area contributed by atoms with Crippen LogP contribution in [0.15, 0.2) is 53.1 Å². The number of hydrogen-bond donors (Lipinski definition) is 0. The van der Waals surface area contributed by atoms with Crippen LogP contribution >= 0.6 is 0 Å². The van der Waals surface area contributed by atoms with Crippen molar-refractivity contribution in [3.8, 4) is 28.7 Å². The maximum atomic E-state index is 12.7. The molecule has 0 unspecified atom stereocenters. The zero-order valence-electron chi connectivity index (χ0n) is 18.6. The third kappa shape index (κ3) is 5.69. The molecular formula is C26H29NO5. The molecule has 0 aliphatic heterocycles. The van der Waals surface area contributed by atoms with Crippen molar-refractivity contribution in [3.63, 3.8) is 0 Å². The number of ketones is 1. The van der Waals surface area contributed by atoms with Gasteiger partial charge in [0.1, 0.15) is 17.8 Å². The van der Waals surface area contributed by atoms with E-state index in [1.165, 1.54) is 12.8 Å². The van der Waals surface area contributed by atoms with Crippen molar-refractivity contribution in [3.05, 3.63) is 60.0 Å². The summed E-state index contributed by atoms with van der Waals surface area (Å²) in [6.07, 6.45) is 5.39. The molecule has 1 fully saturated rings. The van der Waals surface area contributed by atoms with Crippen LogP contribution in [-0.2, 0) is 17.6 Å². The third-order valence-electron chi connectivity index (χ3n) is 5.33. The van der Waals surface area contributed by atoms with E-state index in [4.69, 9.17) is 18.6 Å². The molecule has 2 aromatic carbocycles. The Morgan fingerprint density at radius 3 is 2.69 bits per heavy atom. The van der Waals surface area contributed by atoms with Gasteiger partial charge in [-0.2, -0.15) is 0 Å². The lowest BCUT2D eigenvalue weighted by molar-refractivity contribution is -0.117. The summed E-state index contributed by atoms with van der Waals surface area (Å²) in [5.41, 5.74) is 2.28. The predicted octanol–water partition coefficient (Wildman–Crippen LogP) is 5.28. The van der Waals surface area contributed by atoms with Crippen LogP contribution < -0.4 is 14.2 Å². The molecule has 32 heavy (non-hydrogen) atoms. The zero-order chi connectivity index (χ0) is 22.3. The van der Waals surface area contributed by atoms with Gasteiger partial charge in [0.2, 0.25) is 5.89 Å². The molecule has 1 saturated carbocycles. The summed E-state index contributed by atoms with van der Waals surface area (Å²) in [5.74, 6) is 3.27. The van der Waals surface area contributed by atoms with Gasteiger partial charge in [-0.25, -0.2) is 4.98 Å². The number of carbonyl (C=O) groups excluding carboxylic acids is 1. The van der Waals surface area contributed by atoms with Gasteiger partial charge in [-0.05, 0) is 49.4 Å². The number of hydrogen-bond acceptors (Lipinski definition) is 6. The van der Waals surface area contributed by atoms with Crippen LogP contribution in [0.5, 0.6) is 17.2 Å². The number of ether oxygens (including phenoxy) is 3. The van der Waals surface area contributed by atoms with Crippen molar-refractivity contribution in [1.29, 1.82) is 0 Å². The van der Waals surface area contributed by atoms with E-state index in [1.54, 1.807) is 13.4 Å². The van der Waals surface area contributed by atoms with Crippen molar-refractivity contribution in [2.24, 2.45) is 5.92 Å². The molecule has 0 amide bonds. The number of Topliss-reactive ketones (excluding diaryl/α,β-unsaturated/α-hetero) is 1. The van der Waals surface area contributed by atoms with Gasteiger partial charge in [-0.1, -0.05) is 25.1 Å². The van der Waals surface area contributed by atoms with Gasteiger partial charge in [-0.15, -0.1) is 0 Å². The summed E-state index contributed by atoms with van der Waals surface area (Å²) >= 11 is 0. The Kier molecular flexibility index (Phi) is 7.10. The summed E-state index contributed by atoms with van der Waals surface area (Å²) in [7, 11) is 1.62. The molecule has 3 aromatic rings. The molecule has 4 rings (SSSR count). The van der Waals surface area contributed by atoms with Gasteiger partial charge in [0.25, 0.3) is 0 Å². The highest BCUT2D eigenvalue weighted by Crippen LogP contribution is 2.35. The van der Waals surface area contributed by atoms with E-state index in [1.807, 2.05) is 42.5 Å². The standard InChI is InChI=1S/C26H29NO5/c1-3-12-30-23-7-5-4-6-19(23)13-22(28)15-21-17-32-26(27-21)20-10-11-24(29-2)25(14-20)31-16-18-8-9-18/h4-7,10-11,14,17-18H,3,8-9,12-13,15-16H2,1-2H3. The first-order valence-corrected chi connectivity index (χ1v) is 11.1. The Labute approximate surface area is 188 Å². The van der Waals surface area contributed by atoms with Crippen LogP contribution in [0.4, 0.5) is 0 Å². The highest BCUT2D eigenvalue weighted by atomic mass is 16.5. The van der Waals surface area contributed by atoms with Gasteiger partial charge in [0.05, 0.1) is 32.4 Å². The molecule has 1 aromatic heterocycles. The van der Waals surface area contributed by atoms with Crippen LogP contribution in [0.3, 0.4) is 0 Å². The zero-order valence-corrected chi connectivity index (χ0v) is 18.6. The summed E-state index contributed by atoms with van der Waals surface area (Å²) in [6.45, 7) is 3.38. The fourth-order valence-corrected chi connectivity index (χ4v) is 3.42. The quantitative estimate of drug-likeness (QED) is 0.385. The molecule has 1 aliphatic carbocycles. The van der Waals surface area contributed by atoms with Crippen molar-refractivity contribution in [2.75, 3.05) is 20.3 Å².